The van der Waals surface area contributed by atoms with Crippen molar-refractivity contribution in [3.63, 3.8) is 0 Å². The SMILES string of the molecule is C/C(=N\NC(=O)c1ccc(C(C)(C)C)cc1)c1ccc(NC(=O)c2ccco2)cc1. The van der Waals surface area contributed by atoms with E-state index in [0.29, 0.717) is 17.0 Å². The molecule has 0 aliphatic rings. The molecular formula is C24H25N3O3. The van der Waals surface area contributed by atoms with Gasteiger partial charge in [0.1, 0.15) is 0 Å². The van der Waals surface area contributed by atoms with Crippen LogP contribution in [-0.2, 0) is 5.41 Å². The average Bonchev–Trinajstić information content (AvgIpc) is 3.27. The predicted molar refractivity (Wildman–Crippen MR) is 118 cm³/mol. The van der Waals surface area contributed by atoms with Gasteiger partial charge in [0.25, 0.3) is 11.8 Å². The molecule has 0 atom stereocenters. The summed E-state index contributed by atoms with van der Waals surface area (Å²) < 4.78 is 5.07. The zero-order valence-electron chi connectivity index (χ0n) is 17.5. The largest absolute Gasteiger partial charge is 0.459 e. The van der Waals surface area contributed by atoms with Crippen LogP contribution in [0.2, 0.25) is 0 Å². The highest BCUT2D eigenvalue weighted by molar-refractivity contribution is 6.03. The second-order valence-corrected chi connectivity index (χ2v) is 7.97. The molecule has 0 saturated heterocycles. The zero-order valence-corrected chi connectivity index (χ0v) is 17.5. The molecule has 154 valence electrons. The van der Waals surface area contributed by atoms with Crippen LogP contribution in [0.15, 0.2) is 76.4 Å². The third kappa shape index (κ3) is 5.23. The Labute approximate surface area is 176 Å². The molecule has 3 rings (SSSR count). The van der Waals surface area contributed by atoms with E-state index in [-0.39, 0.29) is 23.0 Å². The number of hydrogen-bond acceptors (Lipinski definition) is 4. The summed E-state index contributed by atoms with van der Waals surface area (Å²) in [7, 11) is 0. The molecule has 1 aromatic heterocycles. The maximum Gasteiger partial charge on any atom is 0.291 e. The molecule has 0 saturated carbocycles. The first kappa shape index (κ1) is 21.0. The Morgan fingerprint density at radius 1 is 0.867 bits per heavy atom. The maximum absolute atomic E-state index is 12.4. The van der Waals surface area contributed by atoms with Crippen LogP contribution in [0.5, 0.6) is 0 Å². The highest BCUT2D eigenvalue weighted by Crippen LogP contribution is 2.22. The van der Waals surface area contributed by atoms with Crippen LogP contribution in [0.1, 0.15) is 59.7 Å². The molecule has 2 N–H and O–H groups in total. The van der Waals surface area contributed by atoms with E-state index in [1.165, 1.54) is 6.26 Å². The first-order chi connectivity index (χ1) is 14.2. The summed E-state index contributed by atoms with van der Waals surface area (Å²) in [5.41, 5.74) is 6.45. The van der Waals surface area contributed by atoms with Crippen LogP contribution in [0.3, 0.4) is 0 Å². The van der Waals surface area contributed by atoms with Gasteiger partial charge in [-0.05, 0) is 59.9 Å². The van der Waals surface area contributed by atoms with Crippen LogP contribution in [0.25, 0.3) is 0 Å². The standard InChI is InChI=1S/C24H25N3O3/c1-16(26-27-22(28)18-7-11-19(12-8-18)24(2,3)4)17-9-13-20(14-10-17)25-23(29)21-6-5-15-30-21/h5-15H,1-4H3,(H,25,29)(H,27,28)/b26-16+. The molecule has 0 aliphatic carbocycles. The Balaban J connectivity index is 1.61. The molecule has 0 aliphatic heterocycles. The van der Waals surface area contributed by atoms with E-state index in [1.807, 2.05) is 24.3 Å². The summed E-state index contributed by atoms with van der Waals surface area (Å²) in [5, 5.41) is 6.94. The minimum atomic E-state index is -0.317. The van der Waals surface area contributed by atoms with E-state index in [4.69, 9.17) is 4.42 Å². The van der Waals surface area contributed by atoms with Gasteiger partial charge in [-0.25, -0.2) is 5.43 Å². The Kier molecular flexibility index (Phi) is 6.16. The molecule has 0 unspecified atom stereocenters. The molecule has 6 nitrogen and oxygen atoms in total. The number of furan rings is 1. The van der Waals surface area contributed by atoms with Crippen molar-refractivity contribution in [3.05, 3.63) is 89.4 Å². The first-order valence-electron chi connectivity index (χ1n) is 9.64. The smallest absolute Gasteiger partial charge is 0.291 e. The molecule has 0 fully saturated rings. The number of hydrazone groups is 1. The van der Waals surface area contributed by atoms with Crippen LogP contribution >= 0.6 is 0 Å². The van der Waals surface area contributed by atoms with Gasteiger partial charge >= 0.3 is 0 Å². The van der Waals surface area contributed by atoms with Crippen LogP contribution in [0, 0.1) is 0 Å². The summed E-state index contributed by atoms with van der Waals surface area (Å²) in [6.45, 7) is 8.19. The van der Waals surface area contributed by atoms with E-state index in [9.17, 15) is 9.59 Å². The summed E-state index contributed by atoms with van der Waals surface area (Å²) in [6.07, 6.45) is 1.45. The number of benzene rings is 2. The number of nitrogens with zero attached hydrogens (tertiary/aromatic N) is 1. The van der Waals surface area contributed by atoms with Crippen molar-refractivity contribution in [2.24, 2.45) is 5.10 Å². The topological polar surface area (TPSA) is 83.7 Å². The molecular weight excluding hydrogens is 378 g/mol. The van der Waals surface area contributed by atoms with Crippen molar-refractivity contribution in [2.75, 3.05) is 5.32 Å². The number of hydrogen-bond donors (Lipinski definition) is 2. The average molecular weight is 403 g/mol. The molecule has 30 heavy (non-hydrogen) atoms. The zero-order chi connectivity index (χ0) is 21.7. The van der Waals surface area contributed by atoms with Gasteiger partial charge in [0.2, 0.25) is 0 Å². The lowest BCUT2D eigenvalue weighted by Crippen LogP contribution is -2.20. The molecule has 1 heterocycles. The normalized spacial score (nSPS) is 11.8. The van der Waals surface area contributed by atoms with E-state index in [2.05, 4.69) is 36.6 Å². The Bertz CT molecular complexity index is 1040. The summed E-state index contributed by atoms with van der Waals surface area (Å²) in [4.78, 5) is 24.4. The fourth-order valence-electron chi connectivity index (χ4n) is 2.78. The molecule has 0 bridgehead atoms. The Hall–Kier alpha value is -3.67. The number of nitrogens with one attached hydrogen (secondary N) is 2. The molecule has 3 aromatic rings. The van der Waals surface area contributed by atoms with Crippen molar-refractivity contribution in [1.29, 1.82) is 0 Å². The molecule has 2 aromatic carbocycles. The van der Waals surface area contributed by atoms with Gasteiger partial charge in [-0.15, -0.1) is 0 Å². The van der Waals surface area contributed by atoms with Crippen LogP contribution in [0.4, 0.5) is 5.69 Å². The molecule has 6 heteroatoms. The van der Waals surface area contributed by atoms with E-state index in [0.717, 1.165) is 11.1 Å². The summed E-state index contributed by atoms with van der Waals surface area (Å²) in [6, 6.07) is 18.0. The van der Waals surface area contributed by atoms with E-state index >= 15 is 0 Å². The summed E-state index contributed by atoms with van der Waals surface area (Å²) >= 11 is 0. The number of amides is 2. The predicted octanol–water partition coefficient (Wildman–Crippen LogP) is 4.98. The molecule has 0 radical (unpaired) electrons. The Morgan fingerprint density at radius 3 is 2.07 bits per heavy atom. The van der Waals surface area contributed by atoms with Gasteiger partial charge in [-0.1, -0.05) is 45.0 Å². The first-order valence-corrected chi connectivity index (χ1v) is 9.64. The van der Waals surface area contributed by atoms with Crippen molar-refractivity contribution in [2.45, 2.75) is 33.1 Å². The van der Waals surface area contributed by atoms with Crippen LogP contribution < -0.4 is 10.7 Å². The summed E-state index contributed by atoms with van der Waals surface area (Å²) in [5.74, 6) is -0.338. The Morgan fingerprint density at radius 2 is 1.50 bits per heavy atom. The molecule has 0 spiro atoms. The second-order valence-electron chi connectivity index (χ2n) is 7.97. The van der Waals surface area contributed by atoms with Crippen molar-refractivity contribution < 1.29 is 14.0 Å². The highest BCUT2D eigenvalue weighted by Gasteiger charge is 2.14. The quantitative estimate of drug-likeness (QED) is 0.465. The lowest BCUT2D eigenvalue weighted by molar-refractivity contribution is 0.0953. The highest BCUT2D eigenvalue weighted by atomic mass is 16.3. The number of carbonyl (C=O) groups is 2. The van der Waals surface area contributed by atoms with Crippen LogP contribution in [-0.4, -0.2) is 17.5 Å². The third-order valence-electron chi connectivity index (χ3n) is 4.64. The fourth-order valence-corrected chi connectivity index (χ4v) is 2.78. The minimum Gasteiger partial charge on any atom is -0.459 e. The maximum atomic E-state index is 12.4. The van der Waals surface area contributed by atoms with E-state index < -0.39 is 0 Å². The lowest BCUT2D eigenvalue weighted by atomic mass is 9.87. The van der Waals surface area contributed by atoms with Crippen molar-refractivity contribution >= 4 is 23.2 Å². The second kappa shape index (κ2) is 8.78. The van der Waals surface area contributed by atoms with Gasteiger partial charge in [0, 0.05) is 11.3 Å². The van der Waals surface area contributed by atoms with Crippen molar-refractivity contribution in [3.8, 4) is 0 Å². The van der Waals surface area contributed by atoms with Gasteiger partial charge in [0.05, 0.1) is 12.0 Å². The number of anilines is 1. The van der Waals surface area contributed by atoms with Gasteiger partial charge in [0.15, 0.2) is 5.76 Å². The number of rotatable bonds is 5. The monoisotopic (exact) mass is 403 g/mol. The fraction of sp³-hybridized carbons (Fsp3) is 0.208. The minimum absolute atomic E-state index is 0.0351. The third-order valence-corrected chi connectivity index (χ3v) is 4.64. The van der Waals surface area contributed by atoms with Gasteiger partial charge < -0.3 is 9.73 Å². The lowest BCUT2D eigenvalue weighted by Gasteiger charge is -2.18. The van der Waals surface area contributed by atoms with Crippen molar-refractivity contribution in [1.82, 2.24) is 5.43 Å². The number of carbonyl (C=O) groups excluding carboxylic acids is 2. The molecule has 2 amide bonds. The van der Waals surface area contributed by atoms with E-state index in [1.54, 1.807) is 43.3 Å². The van der Waals surface area contributed by atoms with Gasteiger partial charge in [-0.3, -0.25) is 9.59 Å². The van der Waals surface area contributed by atoms with Gasteiger partial charge in [-0.2, -0.15) is 5.10 Å².